The van der Waals surface area contributed by atoms with Crippen LogP contribution in [0.4, 0.5) is 5.82 Å². The first-order chi connectivity index (χ1) is 8.36. The molecular formula is C11H16N4O2. The minimum atomic E-state index is -0.258. The zero-order chi connectivity index (χ0) is 11.9. The van der Waals surface area contributed by atoms with Crippen molar-refractivity contribution >= 4 is 11.7 Å². The van der Waals surface area contributed by atoms with Crippen molar-refractivity contribution in [1.29, 1.82) is 0 Å². The molecule has 0 aromatic carbocycles. The van der Waals surface area contributed by atoms with Crippen molar-refractivity contribution in [3.05, 3.63) is 18.6 Å². The van der Waals surface area contributed by atoms with Gasteiger partial charge in [0.1, 0.15) is 11.9 Å². The summed E-state index contributed by atoms with van der Waals surface area (Å²) in [6.45, 7) is 1.86. The molecule has 6 heteroatoms. The average molecular weight is 236 g/mol. The summed E-state index contributed by atoms with van der Waals surface area (Å²) in [5.41, 5.74) is 0. The predicted molar refractivity (Wildman–Crippen MR) is 62.5 cm³/mol. The minimum Gasteiger partial charge on any atom is -0.368 e. The normalized spacial score (nSPS) is 18.9. The van der Waals surface area contributed by atoms with Crippen LogP contribution in [0.2, 0.25) is 0 Å². The van der Waals surface area contributed by atoms with E-state index in [9.17, 15) is 4.79 Å². The van der Waals surface area contributed by atoms with Gasteiger partial charge in [-0.15, -0.1) is 0 Å². The molecule has 92 valence electrons. The van der Waals surface area contributed by atoms with Gasteiger partial charge in [0, 0.05) is 32.1 Å². The molecule has 1 aliphatic heterocycles. The Hall–Kier alpha value is -1.69. The van der Waals surface area contributed by atoms with Crippen LogP contribution < -0.4 is 10.6 Å². The number of hydrogen-bond acceptors (Lipinski definition) is 5. The second-order valence-corrected chi connectivity index (χ2v) is 3.81. The summed E-state index contributed by atoms with van der Waals surface area (Å²) in [5, 5.41) is 5.88. The topological polar surface area (TPSA) is 76.1 Å². The molecule has 1 aliphatic rings. The highest BCUT2D eigenvalue weighted by atomic mass is 16.5. The molecule has 6 nitrogen and oxygen atoms in total. The van der Waals surface area contributed by atoms with Crippen LogP contribution in [-0.2, 0) is 9.53 Å². The second kappa shape index (κ2) is 6.15. The number of hydrogen-bond donors (Lipinski definition) is 2. The van der Waals surface area contributed by atoms with Crippen LogP contribution in [0.1, 0.15) is 12.8 Å². The molecule has 0 saturated carbocycles. The standard InChI is InChI=1S/C11H16N4O2/c16-11(9-2-1-7-17-9)15-6-5-14-10-8-12-3-4-13-10/h3-4,8-9H,1-2,5-7H2,(H,13,14)(H,15,16). The number of nitrogens with one attached hydrogen (secondary N) is 2. The molecule has 1 fully saturated rings. The largest absolute Gasteiger partial charge is 0.368 e. The molecule has 1 saturated heterocycles. The van der Waals surface area contributed by atoms with Gasteiger partial charge in [0.2, 0.25) is 5.91 Å². The maximum absolute atomic E-state index is 11.6. The van der Waals surface area contributed by atoms with Crippen LogP contribution in [0.3, 0.4) is 0 Å². The molecule has 2 heterocycles. The maximum atomic E-state index is 11.6. The van der Waals surface area contributed by atoms with E-state index in [-0.39, 0.29) is 12.0 Å². The summed E-state index contributed by atoms with van der Waals surface area (Å²) in [6.07, 6.45) is 6.41. The Balaban J connectivity index is 1.61. The molecule has 0 bridgehead atoms. The van der Waals surface area contributed by atoms with E-state index in [0.29, 0.717) is 25.5 Å². The SMILES string of the molecule is O=C(NCCNc1cnccn1)C1CCCO1. The average Bonchev–Trinajstić information content (AvgIpc) is 2.89. The highest BCUT2D eigenvalue weighted by molar-refractivity contribution is 5.80. The Bertz CT molecular complexity index is 352. The van der Waals surface area contributed by atoms with Crippen LogP contribution >= 0.6 is 0 Å². The molecule has 1 atom stereocenters. The summed E-state index contributed by atoms with van der Waals surface area (Å²) in [7, 11) is 0. The van der Waals surface area contributed by atoms with Crippen molar-refractivity contribution < 1.29 is 9.53 Å². The Kier molecular flexibility index (Phi) is 4.26. The molecule has 1 amide bonds. The van der Waals surface area contributed by atoms with E-state index in [1.54, 1.807) is 18.6 Å². The molecule has 17 heavy (non-hydrogen) atoms. The molecule has 2 rings (SSSR count). The number of ether oxygens (including phenoxy) is 1. The quantitative estimate of drug-likeness (QED) is 0.713. The van der Waals surface area contributed by atoms with Crippen LogP contribution in [-0.4, -0.2) is 41.7 Å². The van der Waals surface area contributed by atoms with Crippen molar-refractivity contribution in [2.24, 2.45) is 0 Å². The van der Waals surface area contributed by atoms with Gasteiger partial charge in [-0.1, -0.05) is 0 Å². The summed E-state index contributed by atoms with van der Waals surface area (Å²) >= 11 is 0. The number of anilines is 1. The highest BCUT2D eigenvalue weighted by Gasteiger charge is 2.22. The maximum Gasteiger partial charge on any atom is 0.249 e. The lowest BCUT2D eigenvalue weighted by molar-refractivity contribution is -0.129. The van der Waals surface area contributed by atoms with Crippen molar-refractivity contribution in [2.45, 2.75) is 18.9 Å². The van der Waals surface area contributed by atoms with Crippen LogP contribution in [0, 0.1) is 0 Å². The number of nitrogens with zero attached hydrogens (tertiary/aromatic N) is 2. The summed E-state index contributed by atoms with van der Waals surface area (Å²) in [5.74, 6) is 0.683. The third-order valence-electron chi connectivity index (χ3n) is 2.52. The number of aromatic nitrogens is 2. The number of carbonyl (C=O) groups excluding carboxylic acids is 1. The third-order valence-corrected chi connectivity index (χ3v) is 2.52. The van der Waals surface area contributed by atoms with E-state index in [1.165, 1.54) is 0 Å². The Morgan fingerprint density at radius 3 is 3.12 bits per heavy atom. The van der Waals surface area contributed by atoms with E-state index in [0.717, 1.165) is 12.8 Å². The summed E-state index contributed by atoms with van der Waals surface area (Å²) < 4.78 is 5.28. The van der Waals surface area contributed by atoms with E-state index in [1.807, 2.05) is 0 Å². The molecule has 1 unspecified atom stereocenters. The fourth-order valence-corrected chi connectivity index (χ4v) is 1.66. The van der Waals surface area contributed by atoms with E-state index < -0.39 is 0 Å². The first-order valence-corrected chi connectivity index (χ1v) is 5.75. The number of rotatable bonds is 5. The Morgan fingerprint density at radius 1 is 1.47 bits per heavy atom. The van der Waals surface area contributed by atoms with E-state index in [4.69, 9.17) is 4.74 Å². The molecule has 2 N–H and O–H groups in total. The van der Waals surface area contributed by atoms with Gasteiger partial charge >= 0.3 is 0 Å². The zero-order valence-corrected chi connectivity index (χ0v) is 9.56. The van der Waals surface area contributed by atoms with Gasteiger partial charge in [0.05, 0.1) is 6.20 Å². The highest BCUT2D eigenvalue weighted by Crippen LogP contribution is 2.11. The monoisotopic (exact) mass is 236 g/mol. The van der Waals surface area contributed by atoms with Crippen molar-refractivity contribution in [2.75, 3.05) is 25.0 Å². The van der Waals surface area contributed by atoms with Crippen LogP contribution in [0.15, 0.2) is 18.6 Å². The molecule has 0 radical (unpaired) electrons. The number of carbonyl (C=O) groups is 1. The van der Waals surface area contributed by atoms with Gasteiger partial charge in [0.25, 0.3) is 0 Å². The zero-order valence-electron chi connectivity index (χ0n) is 9.56. The van der Waals surface area contributed by atoms with Gasteiger partial charge in [-0.2, -0.15) is 0 Å². The summed E-state index contributed by atoms with van der Waals surface area (Å²) in [6, 6.07) is 0. The van der Waals surface area contributed by atoms with Crippen LogP contribution in [0.25, 0.3) is 0 Å². The van der Waals surface area contributed by atoms with E-state index >= 15 is 0 Å². The smallest absolute Gasteiger partial charge is 0.249 e. The lowest BCUT2D eigenvalue weighted by Gasteiger charge is -2.10. The molecule has 1 aromatic rings. The molecule has 1 aromatic heterocycles. The van der Waals surface area contributed by atoms with Gasteiger partial charge in [-0.3, -0.25) is 9.78 Å². The van der Waals surface area contributed by atoms with Gasteiger partial charge in [-0.05, 0) is 12.8 Å². The van der Waals surface area contributed by atoms with Crippen molar-refractivity contribution in [1.82, 2.24) is 15.3 Å². The Labute approximate surface area is 99.8 Å². The van der Waals surface area contributed by atoms with Gasteiger partial charge in [0.15, 0.2) is 0 Å². The fraction of sp³-hybridized carbons (Fsp3) is 0.545. The fourth-order valence-electron chi connectivity index (χ4n) is 1.66. The summed E-state index contributed by atoms with van der Waals surface area (Å²) in [4.78, 5) is 19.6. The number of amides is 1. The molecule has 0 aliphatic carbocycles. The van der Waals surface area contributed by atoms with Crippen LogP contribution in [0.5, 0.6) is 0 Å². The molecule has 0 spiro atoms. The molecular weight excluding hydrogens is 220 g/mol. The first kappa shape index (κ1) is 11.8. The first-order valence-electron chi connectivity index (χ1n) is 5.75. The van der Waals surface area contributed by atoms with Crippen molar-refractivity contribution in [3.8, 4) is 0 Å². The van der Waals surface area contributed by atoms with Gasteiger partial charge < -0.3 is 15.4 Å². The van der Waals surface area contributed by atoms with Crippen molar-refractivity contribution in [3.63, 3.8) is 0 Å². The third kappa shape index (κ3) is 3.67. The lowest BCUT2D eigenvalue weighted by atomic mass is 10.2. The van der Waals surface area contributed by atoms with Gasteiger partial charge in [-0.25, -0.2) is 4.98 Å². The van der Waals surface area contributed by atoms with E-state index in [2.05, 4.69) is 20.6 Å². The second-order valence-electron chi connectivity index (χ2n) is 3.81. The Morgan fingerprint density at radius 2 is 2.41 bits per heavy atom. The minimum absolute atomic E-state index is 0.0246. The predicted octanol–water partition coefficient (Wildman–Crippen LogP) is 0.184. The lowest BCUT2D eigenvalue weighted by Crippen LogP contribution is -2.36.